The van der Waals surface area contributed by atoms with E-state index in [9.17, 15) is 30.3 Å². The molecule has 9 nitrogen and oxygen atoms in total. The van der Waals surface area contributed by atoms with E-state index in [2.05, 4.69) is 92.1 Å². The number of nitrogens with one attached hydrogen (secondary N) is 1. The third-order valence-corrected chi connectivity index (χ3v) is 13.3. The van der Waals surface area contributed by atoms with Crippen LogP contribution in [-0.4, -0.2) is 87.5 Å². The summed E-state index contributed by atoms with van der Waals surface area (Å²) in [5.74, 6) is -0.186. The number of rotatable bonds is 48. The number of hydrogen-bond acceptors (Lipinski definition) is 8. The van der Waals surface area contributed by atoms with Crippen LogP contribution in [0.2, 0.25) is 0 Å². The summed E-state index contributed by atoms with van der Waals surface area (Å²) in [6.45, 7) is 3.71. The smallest absolute Gasteiger partial charge is 0.220 e. The molecule has 9 heteroatoms. The lowest BCUT2D eigenvalue weighted by Gasteiger charge is -2.40. The van der Waals surface area contributed by atoms with Gasteiger partial charge in [-0.05, 0) is 64.2 Å². The number of hydrogen-bond donors (Lipinski definition) is 6. The number of aliphatic hydroxyl groups is 5. The highest BCUT2D eigenvalue weighted by Gasteiger charge is 2.44. The quantitative estimate of drug-likeness (QED) is 0.0261. The van der Waals surface area contributed by atoms with Crippen molar-refractivity contribution >= 4 is 5.91 Å². The molecular weight excluding hydrogens is 863 g/mol. The Kier molecular flexibility index (Phi) is 46.1. The minimum Gasteiger partial charge on any atom is -0.394 e. The van der Waals surface area contributed by atoms with Gasteiger partial charge in [-0.1, -0.05) is 247 Å². The molecule has 1 aliphatic heterocycles. The molecule has 0 spiro atoms. The van der Waals surface area contributed by atoms with Crippen LogP contribution < -0.4 is 5.32 Å². The third kappa shape index (κ3) is 38.9. The Morgan fingerprint density at radius 2 is 0.899 bits per heavy atom. The van der Waals surface area contributed by atoms with Crippen LogP contribution in [0, 0.1) is 0 Å². The summed E-state index contributed by atoms with van der Waals surface area (Å²) in [4.78, 5) is 13.1. The van der Waals surface area contributed by atoms with Crippen molar-refractivity contribution in [2.24, 2.45) is 0 Å². The predicted molar refractivity (Wildman–Crippen MR) is 290 cm³/mol. The molecule has 0 aromatic rings. The van der Waals surface area contributed by atoms with Crippen LogP contribution in [0.4, 0.5) is 0 Å². The van der Waals surface area contributed by atoms with Crippen molar-refractivity contribution in [3.63, 3.8) is 0 Å². The van der Waals surface area contributed by atoms with Gasteiger partial charge in [0.1, 0.15) is 24.4 Å². The molecule has 7 atom stereocenters. The van der Waals surface area contributed by atoms with Crippen molar-refractivity contribution in [3.8, 4) is 0 Å². The van der Waals surface area contributed by atoms with Crippen molar-refractivity contribution in [2.75, 3.05) is 13.2 Å². The molecule has 0 aromatic carbocycles. The fourth-order valence-corrected chi connectivity index (χ4v) is 8.81. The van der Waals surface area contributed by atoms with Gasteiger partial charge in [-0.2, -0.15) is 0 Å². The van der Waals surface area contributed by atoms with Crippen LogP contribution in [0.5, 0.6) is 0 Å². The minimum atomic E-state index is -1.57. The number of amides is 1. The summed E-state index contributed by atoms with van der Waals surface area (Å²) in [6, 6.07) is -0.748. The Hall–Kier alpha value is -2.37. The van der Waals surface area contributed by atoms with Crippen molar-refractivity contribution in [1.82, 2.24) is 5.32 Å². The monoisotopic (exact) mass is 970 g/mol. The first kappa shape index (κ1) is 64.6. The largest absolute Gasteiger partial charge is 0.394 e. The Balaban J connectivity index is 2.25. The van der Waals surface area contributed by atoms with Crippen LogP contribution in [0.3, 0.4) is 0 Å². The van der Waals surface area contributed by atoms with Crippen LogP contribution >= 0.6 is 0 Å². The molecule has 0 aromatic heterocycles. The van der Waals surface area contributed by atoms with Gasteiger partial charge >= 0.3 is 0 Å². The SMILES string of the molecule is CC/C=C\C/C=C\C/C=C\C/C=C\C/C=C\C/C=C\CCCCC(=O)NC(COC1OC(CO)C(O)C(O)C1O)C(O)CCCCCCCCCCCCCCCCCCCCCCCCCCC. The standard InChI is InChI=1S/C60H107NO8/c1-3-5-7-9-11-13-15-17-19-21-23-25-26-27-28-30-31-33-35-37-39-41-43-45-47-49-54(63)53(52-68-60-59(67)58(66)57(65)55(51-62)69-60)61-56(64)50-48-46-44-42-40-38-36-34-32-29-24-22-20-18-16-14-12-10-8-6-4-2/h6,8,12,14,18,20,24,29,34,36,40,42,53-55,57-60,62-63,65-67H,3-5,7,9-11,13,15-17,19,21-23,25-28,30-33,35,37-39,41,43-52H2,1-2H3,(H,61,64)/b8-6-,14-12-,20-18-,29-24-,36-34-,42-40-. The first-order valence-electron chi connectivity index (χ1n) is 28.6. The van der Waals surface area contributed by atoms with E-state index in [0.717, 1.165) is 70.6 Å². The molecule has 0 bridgehead atoms. The number of carbonyl (C=O) groups is 1. The second-order valence-electron chi connectivity index (χ2n) is 19.7. The molecular formula is C60H107NO8. The van der Waals surface area contributed by atoms with Gasteiger partial charge in [-0.25, -0.2) is 0 Å². The molecule has 1 fully saturated rings. The van der Waals surface area contributed by atoms with Gasteiger partial charge in [0.2, 0.25) is 5.91 Å². The average molecular weight is 971 g/mol. The van der Waals surface area contributed by atoms with E-state index in [0.29, 0.717) is 19.3 Å². The second-order valence-corrected chi connectivity index (χ2v) is 19.7. The van der Waals surface area contributed by atoms with Crippen molar-refractivity contribution < 1.29 is 39.8 Å². The molecule has 0 aliphatic carbocycles. The molecule has 0 radical (unpaired) electrons. The molecule has 1 saturated heterocycles. The summed E-state index contributed by atoms with van der Waals surface area (Å²) in [7, 11) is 0. The molecule has 400 valence electrons. The zero-order chi connectivity index (χ0) is 50.1. The Morgan fingerprint density at radius 1 is 0.507 bits per heavy atom. The zero-order valence-corrected chi connectivity index (χ0v) is 44.3. The van der Waals surface area contributed by atoms with Gasteiger partial charge in [-0.15, -0.1) is 0 Å². The maximum absolute atomic E-state index is 13.1. The number of ether oxygens (including phenoxy) is 2. The van der Waals surface area contributed by atoms with Gasteiger partial charge in [0, 0.05) is 6.42 Å². The van der Waals surface area contributed by atoms with Crippen molar-refractivity contribution in [2.45, 2.75) is 288 Å². The van der Waals surface area contributed by atoms with Crippen LogP contribution in [-0.2, 0) is 14.3 Å². The van der Waals surface area contributed by atoms with E-state index in [4.69, 9.17) is 9.47 Å². The fourth-order valence-electron chi connectivity index (χ4n) is 8.81. The topological polar surface area (TPSA) is 149 Å². The molecule has 0 saturated carbocycles. The molecule has 7 unspecified atom stereocenters. The third-order valence-electron chi connectivity index (χ3n) is 13.3. The molecule has 69 heavy (non-hydrogen) atoms. The molecule has 6 N–H and O–H groups in total. The van der Waals surface area contributed by atoms with Gasteiger partial charge in [0.25, 0.3) is 0 Å². The zero-order valence-electron chi connectivity index (χ0n) is 44.3. The first-order chi connectivity index (χ1) is 33.8. The summed E-state index contributed by atoms with van der Waals surface area (Å²) in [6.07, 6.45) is 60.7. The fraction of sp³-hybridized carbons (Fsp3) is 0.783. The van der Waals surface area contributed by atoms with Gasteiger partial charge in [-0.3, -0.25) is 4.79 Å². The summed E-state index contributed by atoms with van der Waals surface area (Å²) < 4.78 is 11.3. The second kappa shape index (κ2) is 49.2. The van der Waals surface area contributed by atoms with Gasteiger partial charge in [0.05, 0.1) is 25.4 Å². The van der Waals surface area contributed by atoms with Crippen LogP contribution in [0.1, 0.15) is 245 Å². The van der Waals surface area contributed by atoms with E-state index >= 15 is 0 Å². The molecule has 1 rings (SSSR count). The molecule has 1 heterocycles. The number of carbonyl (C=O) groups excluding carboxylic acids is 1. The Labute approximate surface area is 423 Å². The summed E-state index contributed by atoms with van der Waals surface area (Å²) in [5.41, 5.74) is 0. The maximum atomic E-state index is 13.1. The number of unbranched alkanes of at least 4 members (excludes halogenated alkanes) is 26. The number of aliphatic hydroxyl groups excluding tert-OH is 5. The van der Waals surface area contributed by atoms with E-state index in [1.807, 2.05) is 0 Å². The highest BCUT2D eigenvalue weighted by atomic mass is 16.7. The van der Waals surface area contributed by atoms with Crippen LogP contribution in [0.25, 0.3) is 0 Å². The summed E-state index contributed by atoms with van der Waals surface area (Å²) in [5, 5.41) is 54.6. The lowest BCUT2D eigenvalue weighted by atomic mass is 9.99. The number of allylic oxidation sites excluding steroid dienone is 12. The molecule has 1 aliphatic rings. The Morgan fingerprint density at radius 3 is 1.30 bits per heavy atom. The lowest BCUT2D eigenvalue weighted by molar-refractivity contribution is -0.302. The highest BCUT2D eigenvalue weighted by Crippen LogP contribution is 2.23. The Bertz CT molecular complexity index is 1310. The van der Waals surface area contributed by atoms with Crippen molar-refractivity contribution in [3.05, 3.63) is 72.9 Å². The normalized spacial score (nSPS) is 20.0. The first-order valence-corrected chi connectivity index (χ1v) is 28.6. The average Bonchev–Trinajstić information content (AvgIpc) is 3.35. The predicted octanol–water partition coefficient (Wildman–Crippen LogP) is 14.1. The van der Waals surface area contributed by atoms with E-state index in [-0.39, 0.29) is 12.5 Å². The lowest BCUT2D eigenvalue weighted by Crippen LogP contribution is -2.60. The van der Waals surface area contributed by atoms with Gasteiger partial charge in [0.15, 0.2) is 6.29 Å². The summed E-state index contributed by atoms with van der Waals surface area (Å²) >= 11 is 0. The molecule has 1 amide bonds. The van der Waals surface area contributed by atoms with Crippen LogP contribution in [0.15, 0.2) is 72.9 Å². The van der Waals surface area contributed by atoms with E-state index in [1.54, 1.807) is 0 Å². The minimum absolute atomic E-state index is 0.159. The van der Waals surface area contributed by atoms with Gasteiger partial charge < -0.3 is 40.3 Å². The van der Waals surface area contributed by atoms with E-state index in [1.165, 1.54) is 141 Å². The maximum Gasteiger partial charge on any atom is 0.220 e. The highest BCUT2D eigenvalue weighted by molar-refractivity contribution is 5.76. The van der Waals surface area contributed by atoms with E-state index < -0.39 is 49.5 Å². The van der Waals surface area contributed by atoms with Crippen molar-refractivity contribution in [1.29, 1.82) is 0 Å².